The summed E-state index contributed by atoms with van der Waals surface area (Å²) in [5.74, 6) is 1.16. The Labute approximate surface area is 224 Å². The van der Waals surface area contributed by atoms with E-state index in [1.165, 1.54) is 19.3 Å². The lowest BCUT2D eigenvalue weighted by Gasteiger charge is -2.26. The van der Waals surface area contributed by atoms with Gasteiger partial charge in [0.2, 0.25) is 5.95 Å². The van der Waals surface area contributed by atoms with Crippen LogP contribution in [0, 0.1) is 0 Å². The largest absolute Gasteiger partial charge is 0.378 e. The normalized spacial score (nSPS) is 16.4. The molecule has 2 N–H and O–H groups in total. The Balaban J connectivity index is 1.32. The standard InChI is InChI=1S/C27H39N9O2/c1-34(2)13-7-3-6-12-28-27-32-24(23-25(33-27)36(19-30-23)21-8-4-5-9-21)31-20-10-11-22(29-18-20)26(37)35-14-16-38-17-15-35/h10-11,18-19,21H,3-9,12-17H2,1-2H3,(H2,28,31,32,33). The monoisotopic (exact) mass is 521 g/mol. The van der Waals surface area contributed by atoms with Gasteiger partial charge in [-0.15, -0.1) is 0 Å². The summed E-state index contributed by atoms with van der Waals surface area (Å²) in [6, 6.07) is 4.04. The lowest BCUT2D eigenvalue weighted by molar-refractivity contribution is 0.0299. The smallest absolute Gasteiger partial charge is 0.272 e. The van der Waals surface area contributed by atoms with Crippen molar-refractivity contribution in [3.05, 3.63) is 30.4 Å². The number of nitrogens with zero attached hydrogens (tertiary/aromatic N) is 7. The molecule has 11 nitrogen and oxygen atoms in total. The van der Waals surface area contributed by atoms with Crippen LogP contribution in [-0.2, 0) is 4.74 Å². The third-order valence-electron chi connectivity index (χ3n) is 7.25. The van der Waals surface area contributed by atoms with Gasteiger partial charge in [0.1, 0.15) is 5.69 Å². The molecule has 11 heteroatoms. The minimum Gasteiger partial charge on any atom is -0.378 e. The molecule has 0 aromatic carbocycles. The Kier molecular flexibility index (Phi) is 8.65. The summed E-state index contributed by atoms with van der Waals surface area (Å²) >= 11 is 0. The maximum atomic E-state index is 12.8. The topological polar surface area (TPSA) is 113 Å². The number of carbonyl (C=O) groups is 1. The Morgan fingerprint density at radius 3 is 2.63 bits per heavy atom. The lowest BCUT2D eigenvalue weighted by atomic mass is 10.2. The van der Waals surface area contributed by atoms with Crippen molar-refractivity contribution in [2.24, 2.45) is 0 Å². The van der Waals surface area contributed by atoms with E-state index < -0.39 is 0 Å². The maximum Gasteiger partial charge on any atom is 0.272 e. The fraction of sp³-hybridized carbons (Fsp3) is 0.593. The van der Waals surface area contributed by atoms with Crippen molar-refractivity contribution in [1.29, 1.82) is 0 Å². The predicted molar refractivity (Wildman–Crippen MR) is 148 cm³/mol. The fourth-order valence-corrected chi connectivity index (χ4v) is 5.12. The summed E-state index contributed by atoms with van der Waals surface area (Å²) in [5, 5.41) is 6.81. The minimum atomic E-state index is -0.0725. The Bertz CT molecular complexity index is 1200. The fourth-order valence-electron chi connectivity index (χ4n) is 5.12. The molecular formula is C27H39N9O2. The van der Waals surface area contributed by atoms with Gasteiger partial charge in [-0.2, -0.15) is 9.97 Å². The number of morpholine rings is 1. The van der Waals surface area contributed by atoms with Crippen LogP contribution in [0.25, 0.3) is 11.2 Å². The number of fused-ring (bicyclic) bond motifs is 1. The van der Waals surface area contributed by atoms with E-state index in [2.05, 4.69) is 39.2 Å². The molecule has 3 aromatic rings. The molecule has 1 amide bonds. The molecule has 0 unspecified atom stereocenters. The van der Waals surface area contributed by atoms with E-state index in [0.717, 1.165) is 55.6 Å². The van der Waals surface area contributed by atoms with Gasteiger partial charge in [0.25, 0.3) is 5.91 Å². The van der Waals surface area contributed by atoms with E-state index in [1.807, 2.05) is 12.4 Å². The average Bonchev–Trinajstić information content (AvgIpc) is 3.61. The molecular weight excluding hydrogens is 482 g/mol. The molecule has 0 atom stereocenters. The molecule has 1 aliphatic heterocycles. The quantitative estimate of drug-likeness (QED) is 0.365. The zero-order valence-electron chi connectivity index (χ0n) is 22.5. The van der Waals surface area contributed by atoms with Crippen LogP contribution >= 0.6 is 0 Å². The van der Waals surface area contributed by atoms with Crippen LogP contribution < -0.4 is 10.6 Å². The van der Waals surface area contributed by atoms with E-state index in [0.29, 0.717) is 49.8 Å². The van der Waals surface area contributed by atoms with Gasteiger partial charge in [-0.05, 0) is 58.5 Å². The van der Waals surface area contributed by atoms with Crippen molar-refractivity contribution in [3.63, 3.8) is 0 Å². The second-order valence-corrected chi connectivity index (χ2v) is 10.4. The van der Waals surface area contributed by atoms with Gasteiger partial charge in [0.05, 0.1) is 31.4 Å². The van der Waals surface area contributed by atoms with Gasteiger partial charge in [-0.25, -0.2) is 9.97 Å². The molecule has 1 saturated heterocycles. The van der Waals surface area contributed by atoms with Crippen LogP contribution in [0.5, 0.6) is 0 Å². The summed E-state index contributed by atoms with van der Waals surface area (Å²) in [5.41, 5.74) is 2.75. The highest BCUT2D eigenvalue weighted by atomic mass is 16.5. The molecule has 5 rings (SSSR count). The first-order valence-corrected chi connectivity index (χ1v) is 13.8. The zero-order valence-corrected chi connectivity index (χ0v) is 22.5. The number of amides is 1. The molecule has 2 aliphatic rings. The SMILES string of the molecule is CN(C)CCCCCNc1nc(Nc2ccc(C(=O)N3CCOCC3)nc2)c2ncn(C3CCCC3)c2n1. The highest BCUT2D eigenvalue weighted by Gasteiger charge is 2.23. The van der Waals surface area contributed by atoms with E-state index in [9.17, 15) is 4.79 Å². The molecule has 0 radical (unpaired) electrons. The van der Waals surface area contributed by atoms with Gasteiger partial charge in [0.15, 0.2) is 17.0 Å². The Morgan fingerprint density at radius 2 is 1.89 bits per heavy atom. The number of carbonyl (C=O) groups excluding carboxylic acids is 1. The number of aromatic nitrogens is 5. The van der Waals surface area contributed by atoms with Crippen LogP contribution in [0.1, 0.15) is 61.5 Å². The number of nitrogens with one attached hydrogen (secondary N) is 2. The number of ether oxygens (including phenoxy) is 1. The van der Waals surface area contributed by atoms with Crippen molar-refractivity contribution in [3.8, 4) is 0 Å². The summed E-state index contributed by atoms with van der Waals surface area (Å²) in [4.78, 5) is 35.5. The van der Waals surface area contributed by atoms with Gasteiger partial charge < -0.3 is 29.7 Å². The van der Waals surface area contributed by atoms with E-state index in [1.54, 1.807) is 17.2 Å². The van der Waals surface area contributed by atoms with Crippen molar-refractivity contribution >= 4 is 34.5 Å². The van der Waals surface area contributed by atoms with Crippen molar-refractivity contribution in [2.45, 2.75) is 51.0 Å². The van der Waals surface area contributed by atoms with E-state index >= 15 is 0 Å². The van der Waals surface area contributed by atoms with Gasteiger partial charge in [0, 0.05) is 25.7 Å². The zero-order chi connectivity index (χ0) is 26.3. The molecule has 0 spiro atoms. The molecule has 4 heterocycles. The summed E-state index contributed by atoms with van der Waals surface area (Å²) in [6.45, 7) is 4.23. The highest BCUT2D eigenvalue weighted by Crippen LogP contribution is 2.33. The predicted octanol–water partition coefficient (Wildman–Crippen LogP) is 3.70. The number of pyridine rings is 1. The first kappa shape index (κ1) is 26.3. The van der Waals surface area contributed by atoms with Crippen molar-refractivity contribution in [1.82, 2.24) is 34.3 Å². The summed E-state index contributed by atoms with van der Waals surface area (Å²) in [6.07, 6.45) is 11.7. The van der Waals surface area contributed by atoms with E-state index in [-0.39, 0.29) is 5.91 Å². The molecule has 1 saturated carbocycles. The van der Waals surface area contributed by atoms with Crippen LogP contribution in [0.2, 0.25) is 0 Å². The molecule has 3 aromatic heterocycles. The number of anilines is 3. The molecule has 2 fully saturated rings. The molecule has 0 bridgehead atoms. The lowest BCUT2D eigenvalue weighted by Crippen LogP contribution is -2.41. The van der Waals surface area contributed by atoms with Crippen molar-refractivity contribution < 1.29 is 9.53 Å². The number of hydrogen-bond donors (Lipinski definition) is 2. The number of imidazole rings is 1. The van der Waals surface area contributed by atoms with Crippen LogP contribution in [0.4, 0.5) is 17.5 Å². The molecule has 1 aliphatic carbocycles. The van der Waals surface area contributed by atoms with E-state index in [4.69, 9.17) is 19.7 Å². The van der Waals surface area contributed by atoms with Crippen LogP contribution in [0.3, 0.4) is 0 Å². The maximum absolute atomic E-state index is 12.8. The Morgan fingerprint density at radius 1 is 1.08 bits per heavy atom. The average molecular weight is 522 g/mol. The van der Waals surface area contributed by atoms with Crippen molar-refractivity contribution in [2.75, 3.05) is 64.1 Å². The van der Waals surface area contributed by atoms with Gasteiger partial charge in [-0.3, -0.25) is 4.79 Å². The summed E-state index contributed by atoms with van der Waals surface area (Å²) in [7, 11) is 4.21. The molecule has 204 valence electrons. The third kappa shape index (κ3) is 6.39. The second kappa shape index (κ2) is 12.5. The number of hydrogen-bond acceptors (Lipinski definition) is 9. The van der Waals surface area contributed by atoms with Crippen LogP contribution in [-0.4, -0.2) is 93.7 Å². The third-order valence-corrected chi connectivity index (χ3v) is 7.25. The first-order chi connectivity index (χ1) is 18.6. The Hall–Kier alpha value is -3.31. The highest BCUT2D eigenvalue weighted by molar-refractivity contribution is 5.93. The number of unbranched alkanes of at least 4 members (excludes halogenated alkanes) is 2. The number of rotatable bonds is 11. The first-order valence-electron chi connectivity index (χ1n) is 13.8. The summed E-state index contributed by atoms with van der Waals surface area (Å²) < 4.78 is 7.56. The van der Waals surface area contributed by atoms with Gasteiger partial charge in [-0.1, -0.05) is 19.3 Å². The molecule has 38 heavy (non-hydrogen) atoms. The second-order valence-electron chi connectivity index (χ2n) is 10.4. The minimum absolute atomic E-state index is 0.0725. The van der Waals surface area contributed by atoms with Gasteiger partial charge >= 0.3 is 0 Å². The van der Waals surface area contributed by atoms with Crippen LogP contribution in [0.15, 0.2) is 24.7 Å².